The van der Waals surface area contributed by atoms with Crippen LogP contribution >= 0.6 is 0 Å². The van der Waals surface area contributed by atoms with Gasteiger partial charge in [0, 0.05) is 11.5 Å². The molecule has 1 atom stereocenters. The van der Waals surface area contributed by atoms with Crippen molar-refractivity contribution in [2.45, 2.75) is 12.8 Å². The van der Waals surface area contributed by atoms with Crippen LogP contribution < -0.4 is 4.74 Å². The van der Waals surface area contributed by atoms with Gasteiger partial charge in [0.2, 0.25) is 0 Å². The maximum Gasteiger partial charge on any atom is 0.321 e. The van der Waals surface area contributed by atoms with Crippen LogP contribution in [0.3, 0.4) is 0 Å². The van der Waals surface area contributed by atoms with Gasteiger partial charge in [-0.25, -0.2) is 0 Å². The van der Waals surface area contributed by atoms with Gasteiger partial charge in [0.05, 0.1) is 21.3 Å². The lowest BCUT2D eigenvalue weighted by Crippen LogP contribution is -2.34. The molecule has 0 heterocycles. The highest BCUT2D eigenvalue weighted by Crippen LogP contribution is 2.36. The predicted molar refractivity (Wildman–Crippen MR) is 108 cm³/mol. The first kappa shape index (κ1) is 21.9. The molecule has 2 aromatic rings. The van der Waals surface area contributed by atoms with Crippen molar-refractivity contribution in [2.24, 2.45) is 5.92 Å². The lowest BCUT2D eigenvalue weighted by Gasteiger charge is -2.25. The zero-order valence-electron chi connectivity index (χ0n) is 16.9. The summed E-state index contributed by atoms with van der Waals surface area (Å²) in [6, 6.07) is 16.0. The van der Waals surface area contributed by atoms with Gasteiger partial charge < -0.3 is 14.2 Å². The molecule has 0 bridgehead atoms. The summed E-state index contributed by atoms with van der Waals surface area (Å²) in [6.07, 6.45) is 1.68. The Labute approximate surface area is 170 Å². The molecule has 0 aliphatic carbocycles. The molecule has 0 aliphatic rings. The van der Waals surface area contributed by atoms with Crippen molar-refractivity contribution in [3.63, 3.8) is 0 Å². The number of methoxy groups -OCH3 is 3. The zero-order valence-corrected chi connectivity index (χ0v) is 16.9. The molecule has 6 nitrogen and oxygen atoms in total. The van der Waals surface area contributed by atoms with E-state index in [4.69, 9.17) is 14.2 Å². The van der Waals surface area contributed by atoms with Crippen LogP contribution in [0.5, 0.6) is 5.75 Å². The van der Waals surface area contributed by atoms with Gasteiger partial charge in [0.25, 0.3) is 0 Å². The van der Waals surface area contributed by atoms with E-state index in [1.165, 1.54) is 28.3 Å². The SMILES string of the molecule is COC(=O)C(C(=O)OC)C(/C(=C/c1ccccc1)C(C)=O)c1ccc(OC)cc1. The molecule has 2 rings (SSSR count). The van der Waals surface area contributed by atoms with Crippen LogP contribution in [0.25, 0.3) is 6.08 Å². The zero-order chi connectivity index (χ0) is 21.4. The summed E-state index contributed by atoms with van der Waals surface area (Å²) < 4.78 is 14.9. The van der Waals surface area contributed by atoms with Crippen molar-refractivity contribution in [1.29, 1.82) is 0 Å². The van der Waals surface area contributed by atoms with E-state index in [0.717, 1.165) is 5.56 Å². The Kier molecular flexibility index (Phi) is 7.71. The third kappa shape index (κ3) is 5.31. The number of ether oxygens (including phenoxy) is 3. The number of Topliss-reactive ketones (excluding diaryl/α,β-unsaturated/α-hetero) is 1. The fraction of sp³-hybridized carbons (Fsp3) is 0.261. The Balaban J connectivity index is 2.71. The van der Waals surface area contributed by atoms with Crippen LogP contribution in [0.4, 0.5) is 0 Å². The first-order chi connectivity index (χ1) is 13.9. The summed E-state index contributed by atoms with van der Waals surface area (Å²) in [5.41, 5.74) is 1.65. The Morgan fingerprint density at radius 2 is 1.38 bits per heavy atom. The number of esters is 2. The predicted octanol–water partition coefficient (Wildman–Crippen LogP) is 3.41. The third-order valence-corrected chi connectivity index (χ3v) is 4.58. The molecule has 0 aromatic heterocycles. The highest BCUT2D eigenvalue weighted by molar-refractivity contribution is 6.04. The highest BCUT2D eigenvalue weighted by Gasteiger charge is 2.41. The van der Waals surface area contributed by atoms with Crippen molar-refractivity contribution in [3.05, 3.63) is 71.3 Å². The number of ketones is 1. The number of carbonyl (C=O) groups excluding carboxylic acids is 3. The van der Waals surface area contributed by atoms with Gasteiger partial charge >= 0.3 is 11.9 Å². The maximum absolute atomic E-state index is 12.6. The minimum Gasteiger partial charge on any atom is -0.497 e. The average molecular weight is 396 g/mol. The monoisotopic (exact) mass is 396 g/mol. The molecule has 0 saturated heterocycles. The van der Waals surface area contributed by atoms with Gasteiger partial charge in [0.15, 0.2) is 11.7 Å². The van der Waals surface area contributed by atoms with Gasteiger partial charge in [-0.05, 0) is 36.3 Å². The summed E-state index contributed by atoms with van der Waals surface area (Å²) in [5.74, 6) is -3.45. The molecule has 0 spiro atoms. The summed E-state index contributed by atoms with van der Waals surface area (Å²) in [7, 11) is 3.92. The van der Waals surface area contributed by atoms with E-state index in [-0.39, 0.29) is 5.78 Å². The molecule has 6 heteroatoms. The van der Waals surface area contributed by atoms with Crippen molar-refractivity contribution in [3.8, 4) is 5.75 Å². The third-order valence-electron chi connectivity index (χ3n) is 4.58. The smallest absolute Gasteiger partial charge is 0.321 e. The first-order valence-corrected chi connectivity index (χ1v) is 9.00. The van der Waals surface area contributed by atoms with Crippen LogP contribution in [-0.4, -0.2) is 39.1 Å². The summed E-state index contributed by atoms with van der Waals surface area (Å²) in [4.78, 5) is 37.7. The van der Waals surface area contributed by atoms with Crippen LogP contribution in [-0.2, 0) is 23.9 Å². The van der Waals surface area contributed by atoms with Gasteiger partial charge in [-0.15, -0.1) is 0 Å². The van der Waals surface area contributed by atoms with Crippen molar-refractivity contribution in [2.75, 3.05) is 21.3 Å². The molecule has 0 N–H and O–H groups in total. The van der Waals surface area contributed by atoms with E-state index in [0.29, 0.717) is 16.9 Å². The Hall–Kier alpha value is -3.41. The second-order valence-electron chi connectivity index (χ2n) is 6.34. The topological polar surface area (TPSA) is 78.9 Å². The standard InChI is InChI=1S/C23H24O6/c1-15(24)19(14-16-8-6-5-7-9-16)20(17-10-12-18(27-2)13-11-17)21(22(25)28-3)23(26)29-4/h5-14,20-21H,1-4H3/b19-14+. The lowest BCUT2D eigenvalue weighted by atomic mass is 9.78. The van der Waals surface area contributed by atoms with Crippen LogP contribution in [0.15, 0.2) is 60.2 Å². The number of benzene rings is 2. The molecule has 0 aliphatic heterocycles. The largest absolute Gasteiger partial charge is 0.497 e. The van der Waals surface area contributed by atoms with Gasteiger partial charge in [-0.3, -0.25) is 14.4 Å². The molecule has 152 valence electrons. The average Bonchev–Trinajstić information content (AvgIpc) is 2.75. The number of allylic oxidation sites excluding steroid dienone is 1. The first-order valence-electron chi connectivity index (χ1n) is 9.00. The Morgan fingerprint density at radius 3 is 1.83 bits per heavy atom. The second kappa shape index (κ2) is 10.2. The lowest BCUT2D eigenvalue weighted by molar-refractivity contribution is -0.159. The van der Waals surface area contributed by atoms with Crippen molar-refractivity contribution < 1.29 is 28.6 Å². The van der Waals surface area contributed by atoms with E-state index in [9.17, 15) is 14.4 Å². The minimum atomic E-state index is -1.34. The molecule has 0 amide bonds. The van der Waals surface area contributed by atoms with Crippen molar-refractivity contribution >= 4 is 23.8 Å². The van der Waals surface area contributed by atoms with Gasteiger partial charge in [0.1, 0.15) is 5.75 Å². The number of carbonyl (C=O) groups is 3. The van der Waals surface area contributed by atoms with Crippen molar-refractivity contribution in [1.82, 2.24) is 0 Å². The van der Waals surface area contributed by atoms with Crippen LogP contribution in [0.2, 0.25) is 0 Å². The molecular weight excluding hydrogens is 372 g/mol. The fourth-order valence-electron chi connectivity index (χ4n) is 3.12. The van der Waals surface area contributed by atoms with E-state index in [1.54, 1.807) is 30.3 Å². The molecule has 0 radical (unpaired) electrons. The summed E-state index contributed by atoms with van der Waals surface area (Å²) >= 11 is 0. The molecular formula is C23H24O6. The second-order valence-corrected chi connectivity index (χ2v) is 6.34. The van der Waals surface area contributed by atoms with E-state index in [1.807, 2.05) is 30.3 Å². The summed E-state index contributed by atoms with van der Waals surface area (Å²) in [6.45, 7) is 1.40. The summed E-state index contributed by atoms with van der Waals surface area (Å²) in [5, 5.41) is 0. The number of hydrogen-bond donors (Lipinski definition) is 0. The molecule has 2 aromatic carbocycles. The molecule has 0 saturated carbocycles. The van der Waals surface area contributed by atoms with Crippen LogP contribution in [0, 0.1) is 5.92 Å². The highest BCUT2D eigenvalue weighted by atomic mass is 16.5. The molecule has 0 fully saturated rings. The van der Waals surface area contributed by atoms with Gasteiger partial charge in [-0.2, -0.15) is 0 Å². The van der Waals surface area contributed by atoms with Crippen LogP contribution in [0.1, 0.15) is 24.0 Å². The fourth-order valence-corrected chi connectivity index (χ4v) is 3.12. The maximum atomic E-state index is 12.6. The Bertz CT molecular complexity index is 867. The normalized spacial score (nSPS) is 12.2. The van der Waals surface area contributed by atoms with Gasteiger partial charge in [-0.1, -0.05) is 42.5 Å². The number of hydrogen-bond acceptors (Lipinski definition) is 6. The van der Waals surface area contributed by atoms with E-state index >= 15 is 0 Å². The van der Waals surface area contributed by atoms with E-state index < -0.39 is 23.8 Å². The molecule has 1 unspecified atom stereocenters. The minimum absolute atomic E-state index is 0.271. The number of rotatable bonds is 8. The quantitative estimate of drug-likeness (QED) is 0.387. The Morgan fingerprint density at radius 1 is 0.828 bits per heavy atom. The van der Waals surface area contributed by atoms with E-state index in [2.05, 4.69) is 0 Å². The molecule has 29 heavy (non-hydrogen) atoms.